The van der Waals surface area contributed by atoms with Crippen LogP contribution in [0.4, 0.5) is 0 Å². The molecule has 2 saturated carbocycles. The normalized spacial score (nSPS) is 42.1. The van der Waals surface area contributed by atoms with Crippen molar-refractivity contribution in [1.82, 2.24) is 0 Å². The fraction of sp³-hybridized carbons (Fsp3) is 1.00. The second kappa shape index (κ2) is 5.10. The van der Waals surface area contributed by atoms with Gasteiger partial charge in [0.2, 0.25) is 0 Å². The molecule has 2 nitrogen and oxygen atoms in total. The van der Waals surface area contributed by atoms with Crippen LogP contribution < -0.4 is 0 Å². The Morgan fingerprint density at radius 3 is 2.18 bits per heavy atom. The van der Waals surface area contributed by atoms with E-state index in [0.717, 1.165) is 35.3 Å². The predicted molar refractivity (Wildman–Crippen MR) is 75.0 cm³/mol. The van der Waals surface area contributed by atoms with E-state index in [4.69, 9.17) is 8.37 Å². The van der Waals surface area contributed by atoms with Gasteiger partial charge >= 0.3 is 0 Å². The molecule has 0 heterocycles. The maximum atomic E-state index is 5.54. The quantitative estimate of drug-likeness (QED) is 0.747. The maximum absolute atomic E-state index is 5.54. The van der Waals surface area contributed by atoms with E-state index in [1.165, 1.54) is 19.3 Å². The molecule has 2 rings (SSSR count). The first-order chi connectivity index (χ1) is 8.00. The molecule has 2 aliphatic carbocycles. The summed E-state index contributed by atoms with van der Waals surface area (Å²) in [6.07, 6.45) is 6.37. The van der Waals surface area contributed by atoms with Crippen molar-refractivity contribution in [1.29, 1.82) is 0 Å². The third-order valence-corrected chi connectivity index (χ3v) is 7.99. The van der Waals surface area contributed by atoms with Crippen molar-refractivity contribution in [3.05, 3.63) is 0 Å². The van der Waals surface area contributed by atoms with Crippen LogP contribution in [0.2, 0.25) is 0 Å². The molecule has 2 fully saturated rings. The summed E-state index contributed by atoms with van der Waals surface area (Å²) in [6, 6.07) is 0. The highest BCUT2D eigenvalue weighted by molar-refractivity contribution is 8.25. The largest absolute Gasteiger partial charge is 0.288 e. The van der Waals surface area contributed by atoms with Crippen LogP contribution in [0.25, 0.3) is 0 Å². The van der Waals surface area contributed by atoms with E-state index in [2.05, 4.69) is 20.1 Å². The number of fused-ring (bicyclic) bond motifs is 2. The van der Waals surface area contributed by atoms with Crippen molar-refractivity contribution in [2.24, 2.45) is 29.6 Å². The fourth-order valence-electron chi connectivity index (χ4n) is 4.03. The SMILES string of the molecule is COS(C)(CCC1CC2CC1C(C)C2C)OC. The molecule has 0 aromatic rings. The van der Waals surface area contributed by atoms with Crippen molar-refractivity contribution in [3.63, 3.8) is 0 Å². The van der Waals surface area contributed by atoms with Gasteiger partial charge in [0.15, 0.2) is 0 Å². The minimum absolute atomic E-state index is 0.934. The standard InChI is InChI=1S/C14H28O2S/c1-10-11(2)14-9-13(10)8-12(14)6-7-17(5,15-3)16-4/h10-14H,6-9H2,1-5H3. The Kier molecular flexibility index (Phi) is 4.11. The summed E-state index contributed by atoms with van der Waals surface area (Å²) < 4.78 is 11.1. The van der Waals surface area contributed by atoms with Gasteiger partial charge in [-0.05, 0) is 48.9 Å². The number of rotatable bonds is 5. The summed E-state index contributed by atoms with van der Waals surface area (Å²) in [5.74, 6) is 5.92. The van der Waals surface area contributed by atoms with E-state index >= 15 is 0 Å². The van der Waals surface area contributed by atoms with Crippen LogP contribution in [0.3, 0.4) is 0 Å². The lowest BCUT2D eigenvalue weighted by atomic mass is 9.75. The van der Waals surface area contributed by atoms with E-state index in [-0.39, 0.29) is 0 Å². The second-order valence-electron chi connectivity index (χ2n) is 6.13. The van der Waals surface area contributed by atoms with Crippen molar-refractivity contribution in [2.45, 2.75) is 33.1 Å². The van der Waals surface area contributed by atoms with E-state index in [1.54, 1.807) is 14.2 Å². The predicted octanol–water partition coefficient (Wildman–Crippen LogP) is 3.86. The second-order valence-corrected chi connectivity index (χ2v) is 9.05. The highest BCUT2D eigenvalue weighted by Gasteiger charge is 2.48. The first-order valence-corrected chi connectivity index (χ1v) is 8.94. The molecule has 0 aromatic heterocycles. The van der Waals surface area contributed by atoms with Gasteiger partial charge in [0.25, 0.3) is 0 Å². The Morgan fingerprint density at radius 2 is 1.71 bits per heavy atom. The van der Waals surface area contributed by atoms with Crippen LogP contribution in [0.15, 0.2) is 0 Å². The molecule has 2 bridgehead atoms. The molecule has 0 N–H and O–H groups in total. The van der Waals surface area contributed by atoms with Crippen molar-refractivity contribution in [3.8, 4) is 0 Å². The van der Waals surface area contributed by atoms with Gasteiger partial charge in [0, 0.05) is 12.0 Å². The fourth-order valence-corrected chi connectivity index (χ4v) is 5.23. The zero-order valence-electron chi connectivity index (χ0n) is 11.9. The topological polar surface area (TPSA) is 18.5 Å². The molecule has 17 heavy (non-hydrogen) atoms. The van der Waals surface area contributed by atoms with Gasteiger partial charge in [0.1, 0.15) is 0 Å². The van der Waals surface area contributed by atoms with Gasteiger partial charge in [-0.2, -0.15) is 10.6 Å². The lowest BCUT2D eigenvalue weighted by Gasteiger charge is -2.39. The van der Waals surface area contributed by atoms with Gasteiger partial charge in [-0.1, -0.05) is 13.8 Å². The average Bonchev–Trinajstić information content (AvgIpc) is 2.87. The van der Waals surface area contributed by atoms with E-state index in [1.807, 2.05) is 0 Å². The molecule has 102 valence electrons. The minimum Gasteiger partial charge on any atom is -0.288 e. The Hall–Kier alpha value is 0.270. The van der Waals surface area contributed by atoms with Crippen LogP contribution in [0, 0.1) is 29.6 Å². The van der Waals surface area contributed by atoms with Crippen LogP contribution >= 0.6 is 10.6 Å². The number of hydrogen-bond acceptors (Lipinski definition) is 2. The van der Waals surface area contributed by atoms with Gasteiger partial charge < -0.3 is 0 Å². The molecule has 0 saturated heterocycles. The van der Waals surface area contributed by atoms with E-state index < -0.39 is 10.6 Å². The summed E-state index contributed by atoms with van der Waals surface area (Å²) in [5, 5.41) is 0. The van der Waals surface area contributed by atoms with Crippen LogP contribution in [0.1, 0.15) is 33.1 Å². The molecule has 0 radical (unpaired) electrons. The molecule has 0 spiro atoms. The van der Waals surface area contributed by atoms with Crippen molar-refractivity contribution < 1.29 is 8.37 Å². The Labute approximate surface area is 108 Å². The van der Waals surface area contributed by atoms with E-state index in [0.29, 0.717) is 0 Å². The Morgan fingerprint density at radius 1 is 1.06 bits per heavy atom. The van der Waals surface area contributed by atoms with E-state index in [9.17, 15) is 0 Å². The third kappa shape index (κ3) is 2.52. The lowest BCUT2D eigenvalue weighted by Crippen LogP contribution is -2.25. The minimum atomic E-state index is -1.25. The van der Waals surface area contributed by atoms with Crippen LogP contribution in [-0.4, -0.2) is 26.2 Å². The third-order valence-electron chi connectivity index (χ3n) is 5.60. The van der Waals surface area contributed by atoms with Crippen LogP contribution in [0.5, 0.6) is 0 Å². The molecule has 0 amide bonds. The van der Waals surface area contributed by atoms with Gasteiger partial charge in [0.05, 0.1) is 14.2 Å². The molecule has 2 aliphatic rings. The zero-order valence-corrected chi connectivity index (χ0v) is 12.8. The van der Waals surface area contributed by atoms with Crippen LogP contribution in [-0.2, 0) is 8.37 Å². The Bertz CT molecular complexity index is 263. The summed E-state index contributed by atoms with van der Waals surface area (Å²) >= 11 is 0. The molecule has 3 heteroatoms. The van der Waals surface area contributed by atoms with Gasteiger partial charge in [-0.15, -0.1) is 0 Å². The smallest absolute Gasteiger partial charge is 0.0603 e. The molecule has 5 unspecified atom stereocenters. The summed E-state index contributed by atoms with van der Waals surface area (Å²) in [6.45, 7) is 4.91. The molecular formula is C14H28O2S. The highest BCUT2D eigenvalue weighted by atomic mass is 32.3. The molecule has 0 aromatic carbocycles. The highest BCUT2D eigenvalue weighted by Crippen LogP contribution is 2.57. The first kappa shape index (κ1) is 13.7. The average molecular weight is 260 g/mol. The summed E-state index contributed by atoms with van der Waals surface area (Å²) in [4.78, 5) is 0. The van der Waals surface area contributed by atoms with Gasteiger partial charge in [-0.3, -0.25) is 8.37 Å². The van der Waals surface area contributed by atoms with Crippen molar-refractivity contribution >= 4 is 10.6 Å². The lowest BCUT2D eigenvalue weighted by molar-refractivity contribution is 0.185. The zero-order chi connectivity index (χ0) is 12.6. The van der Waals surface area contributed by atoms with Crippen molar-refractivity contribution in [2.75, 3.05) is 26.2 Å². The Balaban J connectivity index is 1.86. The molecule has 0 aliphatic heterocycles. The summed E-state index contributed by atoms with van der Waals surface area (Å²) in [7, 11) is 2.31. The maximum Gasteiger partial charge on any atom is 0.0603 e. The summed E-state index contributed by atoms with van der Waals surface area (Å²) in [5.41, 5.74) is 0. The number of hydrogen-bond donors (Lipinski definition) is 0. The monoisotopic (exact) mass is 260 g/mol. The van der Waals surface area contributed by atoms with Gasteiger partial charge in [-0.25, -0.2) is 0 Å². The molecule has 5 atom stereocenters. The molecular weight excluding hydrogens is 232 g/mol. The first-order valence-electron chi connectivity index (χ1n) is 6.88.